The van der Waals surface area contributed by atoms with Gasteiger partial charge in [-0.25, -0.2) is 9.37 Å². The van der Waals surface area contributed by atoms with Crippen molar-refractivity contribution in [2.45, 2.75) is 19.1 Å². The van der Waals surface area contributed by atoms with Crippen molar-refractivity contribution < 1.29 is 18.7 Å². The van der Waals surface area contributed by atoms with E-state index >= 15 is 0 Å². The molecule has 4 rings (SSSR count). The standard InChI is InChI=1S/C24H26FN3O3S/c25-19-6-8-21(9-7-19)31-16-24-26-20(17-32-24)14-23(29)27-22(18-4-2-1-3-5-18)15-28-10-12-30-13-11-28/h1-9,17,22H,10-16H2,(H,27,29)/t22-/m0/s1. The van der Waals surface area contributed by atoms with Crippen molar-refractivity contribution in [2.24, 2.45) is 0 Å². The molecule has 0 bridgehead atoms. The third-order valence-corrected chi connectivity index (χ3v) is 6.07. The number of carbonyl (C=O) groups excluding carboxylic acids is 1. The van der Waals surface area contributed by atoms with E-state index in [2.05, 4.69) is 15.2 Å². The van der Waals surface area contributed by atoms with E-state index in [1.54, 1.807) is 12.1 Å². The van der Waals surface area contributed by atoms with Gasteiger partial charge in [-0.15, -0.1) is 11.3 Å². The van der Waals surface area contributed by atoms with Crippen LogP contribution in [0.5, 0.6) is 5.75 Å². The first-order valence-electron chi connectivity index (χ1n) is 10.6. The van der Waals surface area contributed by atoms with Gasteiger partial charge in [-0.2, -0.15) is 0 Å². The number of thiazole rings is 1. The van der Waals surface area contributed by atoms with Crippen LogP contribution in [0.15, 0.2) is 60.0 Å². The number of hydrogen-bond donors (Lipinski definition) is 1. The molecule has 1 amide bonds. The SMILES string of the molecule is O=C(Cc1csc(COc2ccc(F)cc2)n1)N[C@@H](CN1CCOCC1)c1ccccc1. The van der Waals surface area contributed by atoms with Crippen LogP contribution in [-0.2, 0) is 22.6 Å². The van der Waals surface area contributed by atoms with E-state index in [4.69, 9.17) is 9.47 Å². The van der Waals surface area contributed by atoms with Gasteiger partial charge in [0.2, 0.25) is 5.91 Å². The number of amides is 1. The third-order valence-electron chi connectivity index (χ3n) is 5.20. The van der Waals surface area contributed by atoms with Gasteiger partial charge in [-0.3, -0.25) is 9.69 Å². The molecule has 8 heteroatoms. The Morgan fingerprint density at radius 2 is 1.91 bits per heavy atom. The summed E-state index contributed by atoms with van der Waals surface area (Å²) in [5.41, 5.74) is 1.79. The van der Waals surface area contributed by atoms with E-state index in [0.29, 0.717) is 11.4 Å². The normalized spacial score (nSPS) is 15.3. The van der Waals surface area contributed by atoms with Crippen LogP contribution in [0.1, 0.15) is 22.3 Å². The fourth-order valence-electron chi connectivity index (χ4n) is 3.54. The molecule has 2 heterocycles. The smallest absolute Gasteiger partial charge is 0.226 e. The largest absolute Gasteiger partial charge is 0.486 e. The highest BCUT2D eigenvalue weighted by Crippen LogP contribution is 2.18. The minimum Gasteiger partial charge on any atom is -0.486 e. The number of hydrogen-bond acceptors (Lipinski definition) is 6. The van der Waals surface area contributed by atoms with Crippen molar-refractivity contribution in [3.63, 3.8) is 0 Å². The van der Waals surface area contributed by atoms with E-state index < -0.39 is 0 Å². The highest BCUT2D eigenvalue weighted by molar-refractivity contribution is 7.09. The summed E-state index contributed by atoms with van der Waals surface area (Å²) in [6.45, 7) is 4.19. The zero-order valence-corrected chi connectivity index (χ0v) is 18.5. The summed E-state index contributed by atoms with van der Waals surface area (Å²) in [4.78, 5) is 19.6. The molecule has 1 aromatic heterocycles. The first-order valence-corrected chi connectivity index (χ1v) is 11.5. The monoisotopic (exact) mass is 455 g/mol. The van der Waals surface area contributed by atoms with Gasteiger partial charge in [0.15, 0.2) is 0 Å². The predicted molar refractivity (Wildman–Crippen MR) is 121 cm³/mol. The Morgan fingerprint density at radius 3 is 2.66 bits per heavy atom. The molecule has 0 spiro atoms. The molecule has 1 N–H and O–H groups in total. The number of benzene rings is 2. The maximum Gasteiger partial charge on any atom is 0.226 e. The van der Waals surface area contributed by atoms with E-state index in [1.807, 2.05) is 35.7 Å². The van der Waals surface area contributed by atoms with Crippen molar-refractivity contribution >= 4 is 17.2 Å². The topological polar surface area (TPSA) is 63.7 Å². The molecule has 1 saturated heterocycles. The summed E-state index contributed by atoms with van der Waals surface area (Å²) in [5, 5.41) is 5.82. The molecular weight excluding hydrogens is 429 g/mol. The number of aromatic nitrogens is 1. The lowest BCUT2D eigenvalue weighted by Gasteiger charge is -2.31. The molecule has 2 aromatic carbocycles. The van der Waals surface area contributed by atoms with Crippen LogP contribution < -0.4 is 10.1 Å². The van der Waals surface area contributed by atoms with Crippen molar-refractivity contribution in [3.8, 4) is 5.75 Å². The molecule has 1 atom stereocenters. The summed E-state index contributed by atoms with van der Waals surface area (Å²) in [6.07, 6.45) is 0.208. The Bertz CT molecular complexity index is 991. The quantitative estimate of drug-likeness (QED) is 0.534. The second-order valence-electron chi connectivity index (χ2n) is 7.60. The molecular formula is C24H26FN3O3S. The van der Waals surface area contributed by atoms with Crippen LogP contribution in [-0.4, -0.2) is 48.6 Å². The molecule has 168 valence electrons. The molecule has 0 radical (unpaired) electrons. The zero-order chi connectivity index (χ0) is 22.2. The number of morpholine rings is 1. The fourth-order valence-corrected chi connectivity index (χ4v) is 4.25. The van der Waals surface area contributed by atoms with Crippen LogP contribution in [0.3, 0.4) is 0 Å². The van der Waals surface area contributed by atoms with Gasteiger partial charge < -0.3 is 14.8 Å². The fraction of sp³-hybridized carbons (Fsp3) is 0.333. The average molecular weight is 456 g/mol. The summed E-state index contributed by atoms with van der Waals surface area (Å²) >= 11 is 1.45. The molecule has 1 aliphatic rings. The van der Waals surface area contributed by atoms with Gasteiger partial charge in [0, 0.05) is 25.0 Å². The lowest BCUT2D eigenvalue weighted by molar-refractivity contribution is -0.121. The van der Waals surface area contributed by atoms with Gasteiger partial charge in [0.25, 0.3) is 0 Å². The third kappa shape index (κ3) is 6.59. The Kier molecular flexibility index (Phi) is 7.82. The number of carbonyl (C=O) groups is 1. The first kappa shape index (κ1) is 22.4. The average Bonchev–Trinajstić information content (AvgIpc) is 3.26. The second kappa shape index (κ2) is 11.2. The molecule has 1 aliphatic heterocycles. The number of nitrogens with zero attached hydrogens (tertiary/aromatic N) is 2. The molecule has 6 nitrogen and oxygen atoms in total. The summed E-state index contributed by atoms with van der Waals surface area (Å²) in [7, 11) is 0. The van der Waals surface area contributed by atoms with Gasteiger partial charge >= 0.3 is 0 Å². The van der Waals surface area contributed by atoms with E-state index in [-0.39, 0.29) is 30.8 Å². The minimum absolute atomic E-state index is 0.0663. The highest BCUT2D eigenvalue weighted by atomic mass is 32.1. The van der Waals surface area contributed by atoms with Crippen LogP contribution in [0.25, 0.3) is 0 Å². The maximum absolute atomic E-state index is 13.0. The predicted octanol–water partition coefficient (Wildman–Crippen LogP) is 3.59. The molecule has 32 heavy (non-hydrogen) atoms. The van der Waals surface area contributed by atoms with Crippen LogP contribution in [0.4, 0.5) is 4.39 Å². The first-order chi connectivity index (χ1) is 15.7. The molecule has 0 aliphatic carbocycles. The van der Waals surface area contributed by atoms with Gasteiger partial charge in [0.1, 0.15) is 23.2 Å². The number of ether oxygens (including phenoxy) is 2. The van der Waals surface area contributed by atoms with Crippen LogP contribution in [0, 0.1) is 5.82 Å². The van der Waals surface area contributed by atoms with E-state index in [0.717, 1.165) is 43.4 Å². The molecule has 0 unspecified atom stereocenters. The maximum atomic E-state index is 13.0. The minimum atomic E-state index is -0.303. The van der Waals surface area contributed by atoms with Crippen LogP contribution >= 0.6 is 11.3 Å². The summed E-state index contributed by atoms with van der Waals surface area (Å²) in [6, 6.07) is 15.8. The zero-order valence-electron chi connectivity index (χ0n) is 17.7. The van der Waals surface area contributed by atoms with Crippen molar-refractivity contribution in [1.29, 1.82) is 0 Å². The number of rotatable bonds is 9. The molecule has 0 saturated carbocycles. The Hall–Kier alpha value is -2.81. The highest BCUT2D eigenvalue weighted by Gasteiger charge is 2.20. The van der Waals surface area contributed by atoms with Gasteiger partial charge in [-0.05, 0) is 29.8 Å². The van der Waals surface area contributed by atoms with Crippen molar-refractivity contribution in [1.82, 2.24) is 15.2 Å². The Labute approximate surface area is 191 Å². The van der Waals surface area contributed by atoms with E-state index in [1.165, 1.54) is 23.5 Å². The summed E-state index contributed by atoms with van der Waals surface area (Å²) < 4.78 is 24.1. The van der Waals surface area contributed by atoms with Crippen molar-refractivity contribution in [2.75, 3.05) is 32.8 Å². The second-order valence-corrected chi connectivity index (χ2v) is 8.54. The number of halogens is 1. The lowest BCUT2D eigenvalue weighted by atomic mass is 10.1. The number of nitrogens with one attached hydrogen (secondary N) is 1. The Morgan fingerprint density at radius 1 is 1.16 bits per heavy atom. The Balaban J connectivity index is 1.33. The molecule has 3 aromatic rings. The van der Waals surface area contributed by atoms with E-state index in [9.17, 15) is 9.18 Å². The van der Waals surface area contributed by atoms with Gasteiger partial charge in [0.05, 0.1) is 31.4 Å². The van der Waals surface area contributed by atoms with Crippen molar-refractivity contribution in [3.05, 3.63) is 82.1 Å². The molecule has 1 fully saturated rings. The lowest BCUT2D eigenvalue weighted by Crippen LogP contribution is -2.43. The summed E-state index contributed by atoms with van der Waals surface area (Å²) in [5.74, 6) is 0.209. The van der Waals surface area contributed by atoms with Crippen LogP contribution in [0.2, 0.25) is 0 Å². The van der Waals surface area contributed by atoms with Gasteiger partial charge in [-0.1, -0.05) is 30.3 Å².